The molecule has 1 heterocycles. The third-order valence-corrected chi connectivity index (χ3v) is 5.53. The first-order chi connectivity index (χ1) is 16.8. The molecule has 0 spiro atoms. The number of aliphatic imine (C=N–C) groups is 2. The summed E-state index contributed by atoms with van der Waals surface area (Å²) >= 11 is 0. The minimum atomic E-state index is 0.681. The van der Waals surface area contributed by atoms with Crippen molar-refractivity contribution in [3.8, 4) is 11.5 Å². The predicted molar refractivity (Wildman–Crippen MR) is 138 cm³/mol. The van der Waals surface area contributed by atoms with Gasteiger partial charge in [0.15, 0.2) is 0 Å². The number of aromatic nitrogens is 2. The molecule has 6 nitrogen and oxygen atoms in total. The molecule has 34 heavy (non-hydrogen) atoms. The van der Waals surface area contributed by atoms with Crippen LogP contribution in [-0.2, 0) is 0 Å². The molecule has 0 bridgehead atoms. The van der Waals surface area contributed by atoms with Gasteiger partial charge in [-0.05, 0) is 48.5 Å². The van der Waals surface area contributed by atoms with Crippen LogP contribution in [0.15, 0.2) is 94.9 Å². The van der Waals surface area contributed by atoms with Crippen molar-refractivity contribution >= 4 is 45.6 Å². The highest BCUT2D eigenvalue weighted by molar-refractivity contribution is 6.14. The average molecular weight is 447 g/mol. The van der Waals surface area contributed by atoms with Crippen LogP contribution in [0.4, 0.5) is 11.4 Å². The Kier molecular flexibility index (Phi) is 5.95. The van der Waals surface area contributed by atoms with E-state index in [2.05, 4.69) is 20.2 Å². The van der Waals surface area contributed by atoms with Crippen molar-refractivity contribution in [1.82, 2.24) is 10.2 Å². The van der Waals surface area contributed by atoms with Gasteiger partial charge < -0.3 is 9.47 Å². The van der Waals surface area contributed by atoms with Crippen molar-refractivity contribution in [2.45, 2.75) is 0 Å². The summed E-state index contributed by atoms with van der Waals surface area (Å²) in [6.07, 6.45) is 3.55. The van der Waals surface area contributed by atoms with Crippen LogP contribution < -0.4 is 9.47 Å². The summed E-state index contributed by atoms with van der Waals surface area (Å²) in [5, 5.41) is 11.0. The van der Waals surface area contributed by atoms with Gasteiger partial charge in [-0.2, -0.15) is 0 Å². The van der Waals surface area contributed by atoms with E-state index in [1.54, 1.807) is 26.6 Å². The summed E-state index contributed by atoms with van der Waals surface area (Å²) in [5.74, 6) is 1.36. The van der Waals surface area contributed by atoms with Crippen molar-refractivity contribution in [2.24, 2.45) is 9.98 Å². The maximum Gasteiger partial charge on any atom is 0.129 e. The highest BCUT2D eigenvalue weighted by Crippen LogP contribution is 2.33. The van der Waals surface area contributed by atoms with Gasteiger partial charge >= 0.3 is 0 Å². The number of fused-ring (bicyclic) bond motifs is 3. The zero-order chi connectivity index (χ0) is 23.3. The summed E-state index contributed by atoms with van der Waals surface area (Å²) in [7, 11) is 3.27. The second-order valence-electron chi connectivity index (χ2n) is 7.54. The topological polar surface area (TPSA) is 69.0 Å². The number of rotatable bonds is 6. The van der Waals surface area contributed by atoms with Crippen molar-refractivity contribution in [2.75, 3.05) is 14.2 Å². The molecule has 0 amide bonds. The second-order valence-corrected chi connectivity index (χ2v) is 7.54. The fourth-order valence-corrected chi connectivity index (χ4v) is 3.84. The standard InChI is InChI=1S/C28H22N4O2/c1-33-25-15-13-21-22-14-16-26(34-2)24(18-30-20-11-7-4-8-12-20)28(22)32-31-27(21)23(25)17-29-19-9-5-3-6-10-19/h3-18H,1-2H3. The van der Waals surface area contributed by atoms with Crippen LogP contribution in [0.3, 0.4) is 0 Å². The van der Waals surface area contributed by atoms with Crippen molar-refractivity contribution in [1.29, 1.82) is 0 Å². The summed E-state index contributed by atoms with van der Waals surface area (Å²) in [6.45, 7) is 0. The third-order valence-electron chi connectivity index (χ3n) is 5.53. The van der Waals surface area contributed by atoms with E-state index < -0.39 is 0 Å². The zero-order valence-corrected chi connectivity index (χ0v) is 18.8. The van der Waals surface area contributed by atoms with Crippen LogP contribution in [0, 0.1) is 0 Å². The Morgan fingerprint density at radius 2 is 0.971 bits per heavy atom. The molecule has 0 N–H and O–H groups in total. The van der Waals surface area contributed by atoms with Crippen LogP contribution in [0.25, 0.3) is 21.8 Å². The number of methoxy groups -OCH3 is 2. The van der Waals surface area contributed by atoms with E-state index in [4.69, 9.17) is 9.47 Å². The van der Waals surface area contributed by atoms with Crippen molar-refractivity contribution < 1.29 is 9.47 Å². The molecule has 0 fully saturated rings. The van der Waals surface area contributed by atoms with E-state index in [-0.39, 0.29) is 0 Å². The van der Waals surface area contributed by atoms with Gasteiger partial charge in [-0.15, -0.1) is 10.2 Å². The van der Waals surface area contributed by atoms with Gasteiger partial charge in [-0.1, -0.05) is 36.4 Å². The lowest BCUT2D eigenvalue weighted by Gasteiger charge is -2.12. The molecule has 0 unspecified atom stereocenters. The molecule has 0 aliphatic carbocycles. The Morgan fingerprint density at radius 3 is 1.35 bits per heavy atom. The fourth-order valence-electron chi connectivity index (χ4n) is 3.84. The number of hydrogen-bond acceptors (Lipinski definition) is 6. The van der Waals surface area contributed by atoms with Crippen LogP contribution in [0.2, 0.25) is 0 Å². The molecule has 166 valence electrons. The SMILES string of the molecule is COc1ccc2c(nnc3c(C=Nc4ccccc4)c(OC)ccc32)c1C=Nc1ccccc1. The number of nitrogens with zero attached hydrogens (tertiary/aromatic N) is 4. The van der Waals surface area contributed by atoms with E-state index in [0.29, 0.717) is 22.5 Å². The number of ether oxygens (including phenoxy) is 2. The Hall–Kier alpha value is -4.58. The molecule has 0 aliphatic heterocycles. The quantitative estimate of drug-likeness (QED) is 0.227. The molecule has 1 aromatic heterocycles. The fraction of sp³-hybridized carbons (Fsp3) is 0.0714. The van der Waals surface area contributed by atoms with Gasteiger partial charge in [-0.3, -0.25) is 9.98 Å². The van der Waals surface area contributed by atoms with E-state index in [1.807, 2.05) is 84.9 Å². The Balaban J connectivity index is 1.69. The first-order valence-electron chi connectivity index (χ1n) is 10.8. The molecular formula is C28H22N4O2. The van der Waals surface area contributed by atoms with E-state index in [1.165, 1.54) is 0 Å². The largest absolute Gasteiger partial charge is 0.496 e. The highest BCUT2D eigenvalue weighted by atomic mass is 16.5. The van der Waals surface area contributed by atoms with Crippen LogP contribution in [-0.4, -0.2) is 36.8 Å². The molecule has 6 heteroatoms. The van der Waals surface area contributed by atoms with Gasteiger partial charge in [-0.25, -0.2) is 0 Å². The lowest BCUT2D eigenvalue weighted by molar-refractivity contribution is 0.414. The van der Waals surface area contributed by atoms with Crippen LogP contribution in [0.1, 0.15) is 11.1 Å². The van der Waals surface area contributed by atoms with Crippen LogP contribution >= 0.6 is 0 Å². The molecule has 0 radical (unpaired) electrons. The second kappa shape index (κ2) is 9.50. The molecule has 5 rings (SSSR count). The van der Waals surface area contributed by atoms with Gasteiger partial charge in [0.25, 0.3) is 0 Å². The first kappa shape index (κ1) is 21.3. The van der Waals surface area contributed by atoms with E-state index >= 15 is 0 Å². The minimum Gasteiger partial charge on any atom is -0.496 e. The Labute approximate surface area is 197 Å². The summed E-state index contributed by atoms with van der Waals surface area (Å²) in [4.78, 5) is 9.22. The van der Waals surface area contributed by atoms with E-state index in [0.717, 1.165) is 33.3 Å². The van der Waals surface area contributed by atoms with Crippen LogP contribution in [0.5, 0.6) is 11.5 Å². The van der Waals surface area contributed by atoms with Gasteiger partial charge in [0.2, 0.25) is 0 Å². The van der Waals surface area contributed by atoms with Gasteiger partial charge in [0.05, 0.1) is 36.7 Å². The Bertz CT molecular complexity index is 1400. The first-order valence-corrected chi connectivity index (χ1v) is 10.8. The molecular weight excluding hydrogens is 424 g/mol. The molecule has 0 aliphatic rings. The predicted octanol–water partition coefficient (Wildman–Crippen LogP) is 6.30. The number of benzene rings is 4. The third kappa shape index (κ3) is 4.09. The summed E-state index contributed by atoms with van der Waals surface area (Å²) in [5.41, 5.74) is 4.66. The zero-order valence-electron chi connectivity index (χ0n) is 18.8. The van der Waals surface area contributed by atoms with Crippen molar-refractivity contribution in [3.63, 3.8) is 0 Å². The average Bonchev–Trinajstić information content (AvgIpc) is 2.90. The number of para-hydroxylation sites is 2. The molecule has 0 saturated carbocycles. The lowest BCUT2D eigenvalue weighted by Crippen LogP contribution is -2.00. The molecule has 4 aromatic carbocycles. The smallest absolute Gasteiger partial charge is 0.129 e. The molecule has 0 saturated heterocycles. The van der Waals surface area contributed by atoms with Gasteiger partial charge in [0, 0.05) is 23.2 Å². The normalized spacial score (nSPS) is 11.6. The monoisotopic (exact) mass is 446 g/mol. The summed E-state index contributed by atoms with van der Waals surface area (Å²) in [6, 6.07) is 27.3. The summed E-state index contributed by atoms with van der Waals surface area (Å²) < 4.78 is 11.2. The maximum absolute atomic E-state index is 5.60. The lowest BCUT2D eigenvalue weighted by atomic mass is 10.0. The minimum absolute atomic E-state index is 0.681. The Morgan fingerprint density at radius 1 is 0.559 bits per heavy atom. The van der Waals surface area contributed by atoms with E-state index in [9.17, 15) is 0 Å². The van der Waals surface area contributed by atoms with Crippen molar-refractivity contribution in [3.05, 3.63) is 96.1 Å². The molecule has 5 aromatic rings. The van der Waals surface area contributed by atoms with Gasteiger partial charge in [0.1, 0.15) is 22.5 Å². The molecule has 0 atom stereocenters. The maximum atomic E-state index is 5.60. The highest BCUT2D eigenvalue weighted by Gasteiger charge is 2.15. The number of hydrogen-bond donors (Lipinski definition) is 0.